The SMILES string of the molecule is C[S@@](=O)C[C@H](NC(=O)c1n[nH]c2c1CCCC2)c1ccccc1. The second kappa shape index (κ2) is 7.08. The van der Waals surface area contributed by atoms with Crippen molar-refractivity contribution in [1.29, 1.82) is 0 Å². The van der Waals surface area contributed by atoms with E-state index in [4.69, 9.17) is 0 Å². The number of fused-ring (bicyclic) bond motifs is 1. The van der Waals surface area contributed by atoms with Crippen molar-refractivity contribution < 1.29 is 9.00 Å². The van der Waals surface area contributed by atoms with Crippen LogP contribution < -0.4 is 5.32 Å². The van der Waals surface area contributed by atoms with Crippen LogP contribution in [-0.4, -0.2) is 32.3 Å². The molecule has 122 valence electrons. The molecule has 23 heavy (non-hydrogen) atoms. The highest BCUT2D eigenvalue weighted by atomic mass is 32.2. The number of benzene rings is 1. The zero-order valence-corrected chi connectivity index (χ0v) is 14.0. The van der Waals surface area contributed by atoms with Gasteiger partial charge in [-0.25, -0.2) is 0 Å². The summed E-state index contributed by atoms with van der Waals surface area (Å²) in [4.78, 5) is 12.7. The molecule has 6 heteroatoms. The topological polar surface area (TPSA) is 74.8 Å². The number of carbonyl (C=O) groups excluding carboxylic acids is 1. The van der Waals surface area contributed by atoms with Crippen molar-refractivity contribution in [3.05, 3.63) is 52.8 Å². The Labute approximate surface area is 138 Å². The van der Waals surface area contributed by atoms with Crippen molar-refractivity contribution in [1.82, 2.24) is 15.5 Å². The van der Waals surface area contributed by atoms with Crippen molar-refractivity contribution in [2.45, 2.75) is 31.7 Å². The van der Waals surface area contributed by atoms with Crippen LogP contribution in [0.2, 0.25) is 0 Å². The highest BCUT2D eigenvalue weighted by molar-refractivity contribution is 7.84. The maximum absolute atomic E-state index is 12.7. The lowest BCUT2D eigenvalue weighted by atomic mass is 9.95. The Morgan fingerprint density at radius 1 is 1.30 bits per heavy atom. The summed E-state index contributed by atoms with van der Waals surface area (Å²) in [5.41, 5.74) is 3.57. The third kappa shape index (κ3) is 3.69. The number of nitrogens with one attached hydrogen (secondary N) is 2. The summed E-state index contributed by atoms with van der Waals surface area (Å²) in [6.07, 6.45) is 5.73. The van der Waals surface area contributed by atoms with Crippen LogP contribution in [0.5, 0.6) is 0 Å². The smallest absolute Gasteiger partial charge is 0.272 e. The molecule has 3 rings (SSSR count). The average molecular weight is 331 g/mol. The lowest BCUT2D eigenvalue weighted by Gasteiger charge is -2.18. The van der Waals surface area contributed by atoms with Crippen LogP contribution in [0.25, 0.3) is 0 Å². The number of aromatic amines is 1. The van der Waals surface area contributed by atoms with Crippen LogP contribution in [0.3, 0.4) is 0 Å². The molecule has 2 aromatic rings. The number of H-pyrrole nitrogens is 1. The second-order valence-electron chi connectivity index (χ2n) is 5.91. The molecule has 1 amide bonds. The zero-order chi connectivity index (χ0) is 16.2. The molecule has 0 unspecified atom stereocenters. The number of amides is 1. The van der Waals surface area contributed by atoms with Gasteiger partial charge in [0.05, 0.1) is 6.04 Å². The van der Waals surface area contributed by atoms with Crippen molar-refractivity contribution in [2.75, 3.05) is 12.0 Å². The van der Waals surface area contributed by atoms with E-state index < -0.39 is 10.8 Å². The predicted octanol–water partition coefficient (Wildman–Crippen LogP) is 2.14. The van der Waals surface area contributed by atoms with Crippen molar-refractivity contribution in [3.8, 4) is 0 Å². The molecule has 1 aromatic heterocycles. The molecule has 0 radical (unpaired) electrons. The van der Waals surface area contributed by atoms with Gasteiger partial charge in [-0.15, -0.1) is 0 Å². The Morgan fingerprint density at radius 3 is 2.78 bits per heavy atom. The van der Waals surface area contributed by atoms with Gasteiger partial charge in [0, 0.05) is 34.1 Å². The number of rotatable bonds is 5. The van der Waals surface area contributed by atoms with Crippen molar-refractivity contribution in [3.63, 3.8) is 0 Å². The van der Waals surface area contributed by atoms with Gasteiger partial charge in [0.1, 0.15) is 0 Å². The number of hydrogen-bond donors (Lipinski definition) is 2. The largest absolute Gasteiger partial charge is 0.343 e. The van der Waals surface area contributed by atoms with Crippen molar-refractivity contribution >= 4 is 16.7 Å². The van der Waals surface area contributed by atoms with Crippen molar-refractivity contribution in [2.24, 2.45) is 0 Å². The van der Waals surface area contributed by atoms with E-state index in [9.17, 15) is 9.00 Å². The Kier molecular flexibility index (Phi) is 4.91. The third-order valence-corrected chi connectivity index (χ3v) is 4.98. The molecule has 1 aliphatic carbocycles. The maximum atomic E-state index is 12.7. The summed E-state index contributed by atoms with van der Waals surface area (Å²) in [6.45, 7) is 0. The van der Waals surface area contributed by atoms with Crippen LogP contribution in [-0.2, 0) is 23.6 Å². The van der Waals surface area contributed by atoms with Crippen LogP contribution in [0, 0.1) is 0 Å². The van der Waals surface area contributed by atoms with Crippen LogP contribution in [0.15, 0.2) is 30.3 Å². The Bertz CT molecular complexity index is 712. The summed E-state index contributed by atoms with van der Waals surface area (Å²) >= 11 is 0. The molecule has 0 bridgehead atoms. The summed E-state index contributed by atoms with van der Waals surface area (Å²) in [6, 6.07) is 9.38. The van der Waals surface area contributed by atoms with Gasteiger partial charge < -0.3 is 5.32 Å². The maximum Gasteiger partial charge on any atom is 0.272 e. The van der Waals surface area contributed by atoms with Gasteiger partial charge in [-0.3, -0.25) is 14.1 Å². The molecule has 1 aromatic carbocycles. The fourth-order valence-electron chi connectivity index (χ4n) is 3.04. The minimum atomic E-state index is -1.00. The van der Waals surface area contributed by atoms with E-state index in [2.05, 4.69) is 15.5 Å². The first-order valence-electron chi connectivity index (χ1n) is 7.87. The fourth-order valence-corrected chi connectivity index (χ4v) is 3.78. The van der Waals surface area contributed by atoms with E-state index in [1.165, 1.54) is 0 Å². The van der Waals surface area contributed by atoms with Gasteiger partial charge in [-0.1, -0.05) is 30.3 Å². The first-order chi connectivity index (χ1) is 11.1. The van der Waals surface area contributed by atoms with E-state index in [-0.39, 0.29) is 11.9 Å². The standard InChI is InChI=1S/C17H21N3O2S/c1-23(22)11-15(12-7-3-2-4-8-12)18-17(21)16-13-9-5-6-10-14(13)19-20-16/h2-4,7-8,15H,5-6,9-11H2,1H3,(H,18,21)(H,19,20)/t15-,23+/m0/s1. The molecular weight excluding hydrogens is 310 g/mol. The number of hydrogen-bond acceptors (Lipinski definition) is 3. The number of aromatic nitrogens is 2. The molecule has 0 saturated heterocycles. The Balaban J connectivity index is 1.81. The molecule has 2 atom stereocenters. The van der Waals surface area contributed by atoms with E-state index in [0.29, 0.717) is 11.4 Å². The minimum absolute atomic E-state index is 0.191. The van der Waals surface area contributed by atoms with Gasteiger partial charge in [0.2, 0.25) is 0 Å². The quantitative estimate of drug-likeness (QED) is 0.881. The fraction of sp³-hybridized carbons (Fsp3) is 0.412. The van der Waals surface area contributed by atoms with E-state index in [1.807, 2.05) is 30.3 Å². The first-order valence-corrected chi connectivity index (χ1v) is 9.60. The summed E-state index contributed by atoms with van der Waals surface area (Å²) < 4.78 is 11.7. The molecule has 1 heterocycles. The normalized spacial score (nSPS) is 16.4. The predicted molar refractivity (Wildman–Crippen MR) is 90.8 cm³/mol. The monoisotopic (exact) mass is 331 g/mol. The first kappa shape index (κ1) is 15.9. The average Bonchev–Trinajstić information content (AvgIpc) is 2.99. The van der Waals surface area contributed by atoms with Gasteiger partial charge >= 0.3 is 0 Å². The number of carbonyl (C=O) groups is 1. The van der Waals surface area contributed by atoms with Gasteiger partial charge in [0.25, 0.3) is 5.91 Å². The zero-order valence-electron chi connectivity index (χ0n) is 13.2. The minimum Gasteiger partial charge on any atom is -0.343 e. The molecular formula is C17H21N3O2S. The van der Waals surface area contributed by atoms with E-state index in [1.54, 1.807) is 6.26 Å². The van der Waals surface area contributed by atoms with Gasteiger partial charge in [0.15, 0.2) is 5.69 Å². The highest BCUT2D eigenvalue weighted by Crippen LogP contribution is 2.23. The molecule has 0 spiro atoms. The second-order valence-corrected chi connectivity index (χ2v) is 7.39. The molecule has 0 saturated carbocycles. The molecule has 0 fully saturated rings. The van der Waals surface area contributed by atoms with Crippen LogP contribution in [0.4, 0.5) is 0 Å². The molecule has 5 nitrogen and oxygen atoms in total. The third-order valence-electron chi connectivity index (χ3n) is 4.18. The molecule has 0 aliphatic heterocycles. The van der Waals surface area contributed by atoms with E-state index in [0.717, 1.165) is 42.5 Å². The Hall–Kier alpha value is -1.95. The summed E-state index contributed by atoms with van der Waals surface area (Å²) in [5.74, 6) is 0.200. The number of aryl methyl sites for hydroxylation is 1. The number of nitrogens with zero attached hydrogens (tertiary/aromatic N) is 1. The summed E-state index contributed by atoms with van der Waals surface area (Å²) in [7, 11) is -1.00. The summed E-state index contributed by atoms with van der Waals surface area (Å²) in [5, 5.41) is 10.2. The van der Waals surface area contributed by atoms with Gasteiger partial charge in [-0.2, -0.15) is 5.10 Å². The Morgan fingerprint density at radius 2 is 2.04 bits per heavy atom. The van der Waals surface area contributed by atoms with Gasteiger partial charge in [-0.05, 0) is 31.2 Å². The lowest BCUT2D eigenvalue weighted by Crippen LogP contribution is -2.32. The van der Waals surface area contributed by atoms with Crippen LogP contribution in [0.1, 0.15) is 46.2 Å². The highest BCUT2D eigenvalue weighted by Gasteiger charge is 2.24. The molecule has 1 aliphatic rings. The van der Waals surface area contributed by atoms with E-state index >= 15 is 0 Å². The molecule has 2 N–H and O–H groups in total. The lowest BCUT2D eigenvalue weighted by molar-refractivity contribution is 0.0934. The van der Waals surface area contributed by atoms with Crippen LogP contribution >= 0.6 is 0 Å².